The lowest BCUT2D eigenvalue weighted by Crippen LogP contribution is -2.26. The molecule has 22 heavy (non-hydrogen) atoms. The van der Waals surface area contributed by atoms with Crippen LogP contribution in [-0.4, -0.2) is 13.0 Å². The van der Waals surface area contributed by atoms with Gasteiger partial charge < -0.3 is 4.90 Å². The number of hydrogen-bond acceptors (Lipinski definition) is 1. The minimum atomic E-state index is 0.0572. The molecule has 0 saturated heterocycles. The minimum Gasteiger partial charge on any atom is -0.311 e. The van der Waals surface area contributed by atoms with Crippen molar-refractivity contribution in [2.75, 3.05) is 11.9 Å². The number of hydrogen-bond donors (Lipinski definition) is 0. The molecule has 1 amide bonds. The van der Waals surface area contributed by atoms with Crippen molar-refractivity contribution >= 4 is 38.3 Å². The average Bonchev–Trinajstić information content (AvgIpc) is 2.61. The molecule has 0 aliphatic carbocycles. The number of carbonyl (C=O) groups excluding carboxylic acids is 1. The first kappa shape index (κ1) is 13.5. The molecule has 1 aliphatic rings. The van der Waals surface area contributed by atoms with Gasteiger partial charge in [0.15, 0.2) is 0 Å². The molecule has 4 rings (SSSR count). The predicted molar refractivity (Wildman–Crippen MR) is 93.6 cm³/mol. The smallest absolute Gasteiger partial charge is 0.258 e. The summed E-state index contributed by atoms with van der Waals surface area (Å²) in [6, 6.07) is 18.4. The number of rotatable bonds is 0. The summed E-state index contributed by atoms with van der Waals surface area (Å²) in [5.41, 5.74) is 4.04. The number of halogens is 1. The van der Waals surface area contributed by atoms with Crippen molar-refractivity contribution in [1.29, 1.82) is 0 Å². The highest BCUT2D eigenvalue weighted by Gasteiger charge is 2.24. The Bertz CT molecular complexity index is 916. The quantitative estimate of drug-likeness (QED) is 0.570. The Labute approximate surface area is 137 Å². The molecule has 0 aromatic heterocycles. The third-order valence-electron chi connectivity index (χ3n) is 4.29. The summed E-state index contributed by atoms with van der Waals surface area (Å²) >= 11 is 3.53. The molecule has 0 saturated carbocycles. The highest BCUT2D eigenvalue weighted by molar-refractivity contribution is 9.10. The number of carbonyl (C=O) groups is 1. The summed E-state index contributed by atoms with van der Waals surface area (Å²) in [7, 11) is 1.85. The molecule has 0 bridgehead atoms. The van der Waals surface area contributed by atoms with E-state index in [9.17, 15) is 4.79 Å². The van der Waals surface area contributed by atoms with Crippen LogP contribution in [0.5, 0.6) is 0 Å². The van der Waals surface area contributed by atoms with Crippen LogP contribution in [0.1, 0.15) is 21.5 Å². The lowest BCUT2D eigenvalue weighted by molar-refractivity contribution is 0.0993. The van der Waals surface area contributed by atoms with Gasteiger partial charge in [0.05, 0.1) is 0 Å². The fourth-order valence-corrected chi connectivity index (χ4v) is 3.56. The Hall–Kier alpha value is -2.13. The van der Waals surface area contributed by atoms with Crippen molar-refractivity contribution in [2.45, 2.75) is 6.42 Å². The Kier molecular flexibility index (Phi) is 3.05. The molecule has 3 aromatic rings. The molecule has 0 N–H and O–H groups in total. The highest BCUT2D eigenvalue weighted by Crippen LogP contribution is 2.33. The topological polar surface area (TPSA) is 20.3 Å². The van der Waals surface area contributed by atoms with E-state index >= 15 is 0 Å². The summed E-state index contributed by atoms with van der Waals surface area (Å²) in [4.78, 5) is 14.6. The van der Waals surface area contributed by atoms with Gasteiger partial charge >= 0.3 is 0 Å². The first-order valence-corrected chi connectivity index (χ1v) is 8.01. The van der Waals surface area contributed by atoms with E-state index in [4.69, 9.17) is 0 Å². The van der Waals surface area contributed by atoms with Crippen molar-refractivity contribution in [2.24, 2.45) is 0 Å². The average molecular weight is 352 g/mol. The number of nitrogens with zero attached hydrogens (tertiary/aromatic N) is 1. The largest absolute Gasteiger partial charge is 0.311 e. The summed E-state index contributed by atoms with van der Waals surface area (Å²) in [5.74, 6) is 0.0572. The van der Waals surface area contributed by atoms with Crippen LogP contribution in [0.4, 0.5) is 5.69 Å². The molecule has 0 radical (unpaired) electrons. The second kappa shape index (κ2) is 4.96. The third-order valence-corrected chi connectivity index (χ3v) is 4.78. The van der Waals surface area contributed by atoms with Crippen molar-refractivity contribution in [1.82, 2.24) is 0 Å². The maximum absolute atomic E-state index is 12.8. The molecular formula is C19H14BrNO. The van der Waals surface area contributed by atoms with Crippen LogP contribution < -0.4 is 4.90 Å². The molecular weight excluding hydrogens is 338 g/mol. The van der Waals surface area contributed by atoms with Crippen LogP contribution in [0.15, 0.2) is 59.1 Å². The molecule has 3 heteroatoms. The van der Waals surface area contributed by atoms with Gasteiger partial charge in [0, 0.05) is 29.2 Å². The zero-order chi connectivity index (χ0) is 15.3. The Morgan fingerprint density at radius 3 is 2.45 bits per heavy atom. The van der Waals surface area contributed by atoms with E-state index < -0.39 is 0 Å². The lowest BCUT2D eigenvalue weighted by atomic mass is 9.96. The normalized spacial score (nSPS) is 13.7. The van der Waals surface area contributed by atoms with Gasteiger partial charge in [0.25, 0.3) is 5.91 Å². The maximum Gasteiger partial charge on any atom is 0.258 e. The van der Waals surface area contributed by atoms with Gasteiger partial charge in [0.2, 0.25) is 0 Å². The standard InChI is InChI=1S/C19H14BrNO/c1-21-18-7-6-16(20)10-15(18)9-14-8-12-4-2-3-5-13(12)11-17(14)19(21)22/h2-8,10-11H,9H2,1H3. The second-order valence-electron chi connectivity index (χ2n) is 5.67. The van der Waals surface area contributed by atoms with Gasteiger partial charge in [0.1, 0.15) is 0 Å². The highest BCUT2D eigenvalue weighted by atomic mass is 79.9. The summed E-state index contributed by atoms with van der Waals surface area (Å²) in [5, 5.41) is 2.28. The lowest BCUT2D eigenvalue weighted by Gasteiger charge is -2.18. The summed E-state index contributed by atoms with van der Waals surface area (Å²) < 4.78 is 1.04. The number of benzene rings is 3. The van der Waals surface area contributed by atoms with E-state index in [1.165, 1.54) is 10.9 Å². The molecule has 0 fully saturated rings. The summed E-state index contributed by atoms with van der Waals surface area (Å²) in [6.45, 7) is 0. The third kappa shape index (κ3) is 2.04. The predicted octanol–water partition coefficient (Wildman–Crippen LogP) is 4.78. The van der Waals surface area contributed by atoms with Crippen LogP contribution in [0.3, 0.4) is 0 Å². The van der Waals surface area contributed by atoms with Crippen molar-refractivity contribution in [3.63, 3.8) is 0 Å². The minimum absolute atomic E-state index is 0.0572. The van der Waals surface area contributed by atoms with Crippen molar-refractivity contribution in [3.05, 3.63) is 75.8 Å². The molecule has 2 nitrogen and oxygen atoms in total. The van der Waals surface area contributed by atoms with Gasteiger partial charge in [-0.1, -0.05) is 46.3 Å². The second-order valence-corrected chi connectivity index (χ2v) is 6.59. The Morgan fingerprint density at radius 2 is 1.68 bits per heavy atom. The van der Waals surface area contributed by atoms with Gasteiger partial charge in [-0.25, -0.2) is 0 Å². The zero-order valence-corrected chi connectivity index (χ0v) is 13.7. The zero-order valence-electron chi connectivity index (χ0n) is 12.1. The van der Waals surface area contributed by atoms with Crippen LogP contribution in [-0.2, 0) is 6.42 Å². The Morgan fingerprint density at radius 1 is 0.955 bits per heavy atom. The molecule has 1 aliphatic heterocycles. The van der Waals surface area contributed by atoms with Gasteiger partial charge in [-0.15, -0.1) is 0 Å². The molecule has 108 valence electrons. The van der Waals surface area contributed by atoms with E-state index in [0.717, 1.165) is 33.1 Å². The van der Waals surface area contributed by atoms with E-state index in [1.807, 2.05) is 37.4 Å². The van der Waals surface area contributed by atoms with Gasteiger partial charge in [-0.3, -0.25) is 4.79 Å². The van der Waals surface area contributed by atoms with Crippen molar-refractivity contribution in [3.8, 4) is 0 Å². The SMILES string of the molecule is CN1C(=O)c2cc3ccccc3cc2Cc2cc(Br)ccc21. The van der Waals surface area contributed by atoms with E-state index in [2.05, 4.69) is 40.2 Å². The fourth-order valence-electron chi connectivity index (χ4n) is 3.15. The number of amides is 1. The molecule has 0 spiro atoms. The van der Waals surface area contributed by atoms with E-state index in [1.54, 1.807) is 4.90 Å². The molecule has 0 unspecified atom stereocenters. The molecule has 0 atom stereocenters. The van der Waals surface area contributed by atoms with Crippen LogP contribution >= 0.6 is 15.9 Å². The van der Waals surface area contributed by atoms with Crippen molar-refractivity contribution < 1.29 is 4.79 Å². The first-order valence-electron chi connectivity index (χ1n) is 7.21. The van der Waals surface area contributed by atoms with Gasteiger partial charge in [-0.2, -0.15) is 0 Å². The first-order chi connectivity index (χ1) is 10.6. The van der Waals surface area contributed by atoms with E-state index in [-0.39, 0.29) is 5.91 Å². The van der Waals surface area contributed by atoms with Crippen LogP contribution in [0.25, 0.3) is 10.8 Å². The fraction of sp³-hybridized carbons (Fsp3) is 0.105. The number of fused-ring (bicyclic) bond motifs is 3. The van der Waals surface area contributed by atoms with E-state index in [0.29, 0.717) is 0 Å². The van der Waals surface area contributed by atoms with Gasteiger partial charge in [-0.05, 0) is 46.2 Å². The molecule has 1 heterocycles. The monoisotopic (exact) mass is 351 g/mol. The maximum atomic E-state index is 12.8. The Balaban J connectivity index is 1.99. The number of anilines is 1. The van der Waals surface area contributed by atoms with Crippen LogP contribution in [0, 0.1) is 0 Å². The molecule has 3 aromatic carbocycles. The summed E-state index contributed by atoms with van der Waals surface area (Å²) in [6.07, 6.45) is 0.769. The van der Waals surface area contributed by atoms with Crippen LogP contribution in [0.2, 0.25) is 0 Å².